The molecule has 18 heavy (non-hydrogen) atoms. The summed E-state index contributed by atoms with van der Waals surface area (Å²) in [7, 11) is 3.46. The van der Waals surface area contributed by atoms with Crippen LogP contribution in [-0.2, 0) is 6.61 Å². The maximum absolute atomic E-state index is 11.7. The summed E-state index contributed by atoms with van der Waals surface area (Å²) in [6.45, 7) is 0.449. The molecule has 2 aromatic rings. The molecule has 0 N–H and O–H groups in total. The number of amides is 1. The average molecular weight is 262 g/mol. The summed E-state index contributed by atoms with van der Waals surface area (Å²) in [6.07, 6.45) is 0. The van der Waals surface area contributed by atoms with Gasteiger partial charge in [-0.05, 0) is 24.3 Å². The quantitative estimate of drug-likeness (QED) is 0.850. The number of aromatic nitrogens is 1. The Morgan fingerprint density at radius 1 is 1.33 bits per heavy atom. The van der Waals surface area contributed by atoms with Gasteiger partial charge in [-0.25, -0.2) is 4.98 Å². The Balaban J connectivity index is 1.97. The highest BCUT2D eigenvalue weighted by Gasteiger charge is 2.07. The molecule has 0 radical (unpaired) electrons. The Bertz CT molecular complexity index is 506. The zero-order valence-electron chi connectivity index (χ0n) is 10.3. The first-order valence-corrected chi connectivity index (χ1v) is 6.42. The van der Waals surface area contributed by atoms with Crippen LogP contribution < -0.4 is 4.74 Å². The second-order valence-corrected chi connectivity index (χ2v) is 4.71. The molecular formula is C13H14N2O2S. The van der Waals surface area contributed by atoms with Gasteiger partial charge in [-0.3, -0.25) is 4.79 Å². The Labute approximate surface area is 110 Å². The molecule has 4 nitrogen and oxygen atoms in total. The van der Waals surface area contributed by atoms with Crippen LogP contribution in [0.25, 0.3) is 0 Å². The molecular weight excluding hydrogens is 248 g/mol. The first kappa shape index (κ1) is 12.6. The SMILES string of the molecule is CN(C)C(=O)c1ccc(OCc2cscn2)cc1. The van der Waals surface area contributed by atoms with Gasteiger partial charge in [0.2, 0.25) is 0 Å². The van der Waals surface area contributed by atoms with Crippen LogP contribution in [0, 0.1) is 0 Å². The summed E-state index contributed by atoms with van der Waals surface area (Å²) in [5.74, 6) is 0.722. The average Bonchev–Trinajstić information content (AvgIpc) is 2.89. The van der Waals surface area contributed by atoms with Gasteiger partial charge in [-0.1, -0.05) is 0 Å². The molecule has 5 heteroatoms. The predicted octanol–water partition coefficient (Wildman–Crippen LogP) is 2.42. The van der Waals surface area contributed by atoms with E-state index in [-0.39, 0.29) is 5.91 Å². The van der Waals surface area contributed by atoms with Gasteiger partial charge in [0, 0.05) is 25.0 Å². The molecule has 2 rings (SSSR count). The van der Waals surface area contributed by atoms with E-state index < -0.39 is 0 Å². The highest BCUT2D eigenvalue weighted by atomic mass is 32.1. The summed E-state index contributed by atoms with van der Waals surface area (Å²) < 4.78 is 5.56. The number of carbonyl (C=O) groups excluding carboxylic acids is 1. The first-order chi connectivity index (χ1) is 8.66. The minimum Gasteiger partial charge on any atom is -0.487 e. The van der Waals surface area contributed by atoms with Crippen molar-refractivity contribution < 1.29 is 9.53 Å². The van der Waals surface area contributed by atoms with E-state index in [9.17, 15) is 4.79 Å². The fourth-order valence-electron chi connectivity index (χ4n) is 1.42. The number of hydrogen-bond donors (Lipinski definition) is 0. The monoisotopic (exact) mass is 262 g/mol. The second kappa shape index (κ2) is 5.64. The van der Waals surface area contributed by atoms with E-state index in [1.54, 1.807) is 60.1 Å². The van der Waals surface area contributed by atoms with E-state index >= 15 is 0 Å². The molecule has 0 saturated carbocycles. The highest BCUT2D eigenvalue weighted by molar-refractivity contribution is 7.07. The molecule has 0 spiro atoms. The third kappa shape index (κ3) is 3.07. The molecule has 94 valence electrons. The lowest BCUT2D eigenvalue weighted by molar-refractivity contribution is 0.0827. The third-order valence-corrected chi connectivity index (χ3v) is 3.01. The van der Waals surface area contributed by atoms with Crippen LogP contribution in [-0.4, -0.2) is 29.9 Å². The third-order valence-electron chi connectivity index (χ3n) is 2.38. The van der Waals surface area contributed by atoms with Gasteiger partial charge < -0.3 is 9.64 Å². The van der Waals surface area contributed by atoms with Gasteiger partial charge in [0.1, 0.15) is 12.4 Å². The number of rotatable bonds is 4. The van der Waals surface area contributed by atoms with E-state index in [1.165, 1.54) is 0 Å². The molecule has 1 heterocycles. The number of nitrogens with zero attached hydrogens (tertiary/aromatic N) is 2. The maximum Gasteiger partial charge on any atom is 0.253 e. The largest absolute Gasteiger partial charge is 0.487 e. The lowest BCUT2D eigenvalue weighted by Crippen LogP contribution is -2.21. The van der Waals surface area contributed by atoms with Crippen molar-refractivity contribution in [2.75, 3.05) is 14.1 Å². The number of hydrogen-bond acceptors (Lipinski definition) is 4. The lowest BCUT2D eigenvalue weighted by Gasteiger charge is -2.10. The van der Waals surface area contributed by atoms with E-state index in [2.05, 4.69) is 4.98 Å². The number of benzene rings is 1. The smallest absolute Gasteiger partial charge is 0.253 e. The van der Waals surface area contributed by atoms with Crippen LogP contribution >= 0.6 is 11.3 Å². The van der Waals surface area contributed by atoms with Crippen molar-refractivity contribution in [1.82, 2.24) is 9.88 Å². The molecule has 0 aliphatic rings. The number of ether oxygens (including phenoxy) is 1. The van der Waals surface area contributed by atoms with Crippen molar-refractivity contribution in [3.63, 3.8) is 0 Å². The minimum atomic E-state index is -0.0129. The predicted molar refractivity (Wildman–Crippen MR) is 70.9 cm³/mol. The first-order valence-electron chi connectivity index (χ1n) is 5.48. The molecule has 1 aromatic heterocycles. The fourth-order valence-corrected chi connectivity index (χ4v) is 1.96. The summed E-state index contributed by atoms with van der Waals surface area (Å²) >= 11 is 1.54. The van der Waals surface area contributed by atoms with Gasteiger partial charge in [0.05, 0.1) is 11.2 Å². The van der Waals surface area contributed by atoms with Crippen molar-refractivity contribution in [2.24, 2.45) is 0 Å². The lowest BCUT2D eigenvalue weighted by atomic mass is 10.2. The number of carbonyl (C=O) groups is 1. The van der Waals surface area contributed by atoms with Gasteiger partial charge in [0.25, 0.3) is 5.91 Å². The van der Waals surface area contributed by atoms with Crippen molar-refractivity contribution in [3.05, 3.63) is 46.4 Å². The normalized spacial score (nSPS) is 10.1. The van der Waals surface area contributed by atoms with Crippen LogP contribution in [0.3, 0.4) is 0 Å². The van der Waals surface area contributed by atoms with Gasteiger partial charge in [0.15, 0.2) is 0 Å². The van der Waals surface area contributed by atoms with Crippen molar-refractivity contribution in [1.29, 1.82) is 0 Å². The van der Waals surface area contributed by atoms with E-state index in [0.29, 0.717) is 12.2 Å². The second-order valence-electron chi connectivity index (χ2n) is 3.99. The van der Waals surface area contributed by atoms with Crippen LogP contribution in [0.2, 0.25) is 0 Å². The van der Waals surface area contributed by atoms with Crippen molar-refractivity contribution in [2.45, 2.75) is 6.61 Å². The van der Waals surface area contributed by atoms with E-state index in [4.69, 9.17) is 4.74 Å². The Hall–Kier alpha value is -1.88. The van der Waals surface area contributed by atoms with Crippen LogP contribution in [0.5, 0.6) is 5.75 Å². The molecule has 0 unspecified atom stereocenters. The minimum absolute atomic E-state index is 0.0129. The van der Waals surface area contributed by atoms with Gasteiger partial charge >= 0.3 is 0 Å². The van der Waals surface area contributed by atoms with Crippen molar-refractivity contribution >= 4 is 17.2 Å². The summed E-state index contributed by atoms with van der Waals surface area (Å²) in [6, 6.07) is 7.11. The maximum atomic E-state index is 11.7. The van der Waals surface area contributed by atoms with E-state index in [1.807, 2.05) is 5.38 Å². The summed E-state index contributed by atoms with van der Waals surface area (Å²) in [4.78, 5) is 17.4. The summed E-state index contributed by atoms with van der Waals surface area (Å²) in [5, 5.41) is 1.95. The Morgan fingerprint density at radius 2 is 2.06 bits per heavy atom. The van der Waals surface area contributed by atoms with Crippen LogP contribution in [0.1, 0.15) is 16.1 Å². The fraction of sp³-hybridized carbons (Fsp3) is 0.231. The topological polar surface area (TPSA) is 42.4 Å². The highest BCUT2D eigenvalue weighted by Crippen LogP contribution is 2.15. The molecule has 0 fully saturated rings. The van der Waals surface area contributed by atoms with Gasteiger partial charge in [-0.15, -0.1) is 11.3 Å². The zero-order chi connectivity index (χ0) is 13.0. The molecule has 0 bridgehead atoms. The molecule has 0 aliphatic heterocycles. The van der Waals surface area contributed by atoms with Crippen LogP contribution in [0.15, 0.2) is 35.2 Å². The Kier molecular flexibility index (Phi) is 3.94. The molecule has 1 aromatic carbocycles. The summed E-state index contributed by atoms with van der Waals surface area (Å²) in [5.41, 5.74) is 3.34. The van der Waals surface area contributed by atoms with E-state index in [0.717, 1.165) is 11.4 Å². The van der Waals surface area contributed by atoms with Crippen molar-refractivity contribution in [3.8, 4) is 5.75 Å². The molecule has 1 amide bonds. The van der Waals surface area contributed by atoms with Crippen LogP contribution in [0.4, 0.5) is 0 Å². The number of thiazole rings is 1. The molecule has 0 saturated heterocycles. The standard InChI is InChI=1S/C13H14N2O2S/c1-15(2)13(16)10-3-5-12(6-4-10)17-7-11-8-18-9-14-11/h3-6,8-9H,7H2,1-2H3. The van der Waals surface area contributed by atoms with Gasteiger partial charge in [-0.2, -0.15) is 0 Å². The molecule has 0 atom stereocenters. The Morgan fingerprint density at radius 3 is 2.61 bits per heavy atom. The zero-order valence-corrected chi connectivity index (χ0v) is 11.1. The molecule has 0 aliphatic carbocycles.